The Kier molecular flexibility index (Phi) is 25.3. The van der Waals surface area contributed by atoms with Crippen molar-refractivity contribution >= 4 is 53.2 Å². The van der Waals surface area contributed by atoms with Crippen LogP contribution in [0.4, 0.5) is 0 Å². The molecule has 0 aromatic heterocycles. The molecule has 0 aliphatic rings. The fourth-order valence-electron chi connectivity index (χ4n) is 7.36. The topological polar surface area (TPSA) is 296 Å². The zero-order valence-corrected chi connectivity index (χ0v) is 42.7. The number of amides is 8. The number of carbonyl (C=O) groups excluding carboxylic acids is 8. The van der Waals surface area contributed by atoms with E-state index in [0.717, 1.165) is 0 Å². The number of nitrogens with one attached hydrogen (secondary N) is 8. The summed E-state index contributed by atoms with van der Waals surface area (Å²) in [5, 5.41) is 31.2. The summed E-state index contributed by atoms with van der Waals surface area (Å²) in [5.74, 6) is -7.18. The molecule has 0 saturated heterocycles. The van der Waals surface area contributed by atoms with Gasteiger partial charge in [-0.2, -0.15) is 0 Å². The smallest absolute Gasteiger partial charge is 0.326 e. The largest absolute Gasteiger partial charge is 0.480 e. The zero-order valence-electron chi connectivity index (χ0n) is 42.7. The summed E-state index contributed by atoms with van der Waals surface area (Å²) in [5.41, 5.74) is 7.11. The molecule has 8 amide bonds. The van der Waals surface area contributed by atoms with Gasteiger partial charge in [0.05, 0.1) is 6.04 Å². The van der Waals surface area contributed by atoms with Crippen LogP contribution in [0, 0.1) is 23.7 Å². The molecule has 0 bridgehead atoms. The number of hydrogen-bond acceptors (Lipinski definition) is 10. The van der Waals surface area contributed by atoms with Crippen molar-refractivity contribution in [1.82, 2.24) is 42.5 Å². The zero-order chi connectivity index (χ0) is 52.8. The molecule has 19 heteroatoms. The van der Waals surface area contributed by atoms with Crippen molar-refractivity contribution in [1.29, 1.82) is 0 Å². The fraction of sp³-hybridized carbons (Fsp3) is 0.588. The lowest BCUT2D eigenvalue weighted by Gasteiger charge is -2.29. The molecule has 0 aliphatic heterocycles. The van der Waals surface area contributed by atoms with E-state index in [-0.39, 0.29) is 55.8 Å². The first-order valence-corrected chi connectivity index (χ1v) is 24.3. The Balaban J connectivity index is 2.31. The maximum atomic E-state index is 14.2. The van der Waals surface area contributed by atoms with E-state index in [1.165, 1.54) is 20.8 Å². The second kappa shape index (κ2) is 29.6. The highest BCUT2D eigenvalue weighted by molar-refractivity contribution is 5.98. The molecule has 2 rings (SSSR count). The summed E-state index contributed by atoms with van der Waals surface area (Å²) >= 11 is 0. The summed E-state index contributed by atoms with van der Waals surface area (Å²) in [6.07, 6.45) is 1.07. The molecule has 70 heavy (non-hydrogen) atoms. The Morgan fingerprint density at radius 3 is 1.13 bits per heavy atom. The van der Waals surface area contributed by atoms with Crippen LogP contribution in [-0.4, -0.2) is 113 Å². The molecule has 11 N–H and O–H groups in total. The van der Waals surface area contributed by atoms with Gasteiger partial charge in [-0.1, -0.05) is 122 Å². The molecule has 0 spiro atoms. The first-order valence-electron chi connectivity index (χ1n) is 24.3. The maximum Gasteiger partial charge on any atom is 0.326 e. The van der Waals surface area contributed by atoms with Crippen LogP contribution in [0.25, 0.3) is 0 Å². The number of carbonyl (C=O) groups is 9. The molecule has 0 saturated carbocycles. The molecule has 0 aliphatic carbocycles. The quantitative estimate of drug-likeness (QED) is 0.0563. The molecular formula is C51H79N9O10. The number of rotatable bonds is 29. The van der Waals surface area contributed by atoms with E-state index < -0.39 is 108 Å². The Morgan fingerprint density at radius 2 is 0.757 bits per heavy atom. The Hall–Kier alpha value is -6.37. The van der Waals surface area contributed by atoms with Crippen molar-refractivity contribution in [2.24, 2.45) is 29.4 Å². The monoisotopic (exact) mass is 978 g/mol. The molecule has 0 fully saturated rings. The van der Waals surface area contributed by atoms with Crippen LogP contribution >= 0.6 is 0 Å². The van der Waals surface area contributed by atoms with Crippen LogP contribution in [-0.2, 0) is 56.0 Å². The van der Waals surface area contributed by atoms with Crippen molar-refractivity contribution in [3.8, 4) is 0 Å². The predicted molar refractivity (Wildman–Crippen MR) is 266 cm³/mol. The number of benzene rings is 2. The Morgan fingerprint density at radius 1 is 0.429 bits per heavy atom. The van der Waals surface area contributed by atoms with E-state index in [0.29, 0.717) is 17.5 Å². The van der Waals surface area contributed by atoms with Gasteiger partial charge < -0.3 is 53.4 Å². The number of carboxylic acid groups (broad SMARTS) is 1. The van der Waals surface area contributed by atoms with Gasteiger partial charge in [0, 0.05) is 12.8 Å². The standard InChI is InChI=1S/C51H79N9O10/c1-12-31(8)42(60-49(67)38(24-29(4)5)55-43(61)32(9)52)50(68)54-34(11)45(63)56-39(26-35-19-15-13-16-20-35)47(65)58-37(23-28(2)3)46(64)53-33(10)44(62)57-40(27-36-21-17-14-18-22-36)48(66)59-41(51(69)70)25-30(6)7/h13-22,28-34,37-42H,12,23-27,52H2,1-11H3,(H,53,64)(H,54,68)(H,55,61)(H,56,63)(H,57,62)(H,58,65)(H,59,66)(H,60,67)(H,69,70)/t31-,32-,33-,34-,37-,38-,39-,40-,41-,42-/m0/s1. The van der Waals surface area contributed by atoms with Gasteiger partial charge in [0.2, 0.25) is 47.3 Å². The summed E-state index contributed by atoms with van der Waals surface area (Å²) in [6.45, 7) is 19.0. The highest BCUT2D eigenvalue weighted by Crippen LogP contribution is 2.14. The lowest BCUT2D eigenvalue weighted by molar-refractivity contribution is -0.142. The van der Waals surface area contributed by atoms with Gasteiger partial charge in [-0.05, 0) is 74.8 Å². The van der Waals surface area contributed by atoms with Crippen LogP contribution < -0.4 is 48.3 Å². The molecular weight excluding hydrogens is 899 g/mol. The lowest BCUT2D eigenvalue weighted by Crippen LogP contribution is -2.60. The van der Waals surface area contributed by atoms with Gasteiger partial charge in [0.15, 0.2) is 0 Å². The first kappa shape index (κ1) is 59.8. The third-order valence-corrected chi connectivity index (χ3v) is 11.5. The number of aliphatic carboxylic acids is 1. The molecule has 2 aromatic rings. The van der Waals surface area contributed by atoms with Crippen molar-refractivity contribution in [2.45, 2.75) is 169 Å². The predicted octanol–water partition coefficient (Wildman–Crippen LogP) is 2.01. The lowest BCUT2D eigenvalue weighted by atomic mass is 9.96. The minimum absolute atomic E-state index is 0.00535. The third-order valence-electron chi connectivity index (χ3n) is 11.5. The third kappa shape index (κ3) is 21.1. The number of nitrogens with two attached hydrogens (primary N) is 1. The summed E-state index contributed by atoms with van der Waals surface area (Å²) in [6, 6.07) is 7.45. The van der Waals surface area contributed by atoms with Gasteiger partial charge in [-0.25, -0.2) is 4.79 Å². The van der Waals surface area contributed by atoms with E-state index in [4.69, 9.17) is 5.73 Å². The van der Waals surface area contributed by atoms with Crippen LogP contribution in [0.1, 0.15) is 113 Å². The molecule has 388 valence electrons. The van der Waals surface area contributed by atoms with Crippen LogP contribution in [0.15, 0.2) is 60.7 Å². The molecule has 0 radical (unpaired) electrons. The van der Waals surface area contributed by atoms with E-state index in [1.807, 2.05) is 48.5 Å². The second-order valence-electron chi connectivity index (χ2n) is 19.5. The average Bonchev–Trinajstić information content (AvgIpc) is 3.29. The number of carboxylic acids is 1. The van der Waals surface area contributed by atoms with E-state index >= 15 is 0 Å². The van der Waals surface area contributed by atoms with Crippen molar-refractivity contribution < 1.29 is 48.3 Å². The van der Waals surface area contributed by atoms with Crippen LogP contribution in [0.3, 0.4) is 0 Å². The Labute approximate surface area is 413 Å². The molecule has 0 unspecified atom stereocenters. The molecule has 2 aromatic carbocycles. The highest BCUT2D eigenvalue weighted by Gasteiger charge is 2.35. The fourth-order valence-corrected chi connectivity index (χ4v) is 7.36. The Bertz CT molecular complexity index is 2050. The first-order chi connectivity index (χ1) is 32.8. The van der Waals surface area contributed by atoms with E-state index in [9.17, 15) is 48.3 Å². The molecule has 19 nitrogen and oxygen atoms in total. The van der Waals surface area contributed by atoms with Crippen molar-refractivity contribution in [3.05, 3.63) is 71.8 Å². The second-order valence-corrected chi connectivity index (χ2v) is 19.5. The van der Waals surface area contributed by atoms with Gasteiger partial charge in [-0.15, -0.1) is 0 Å². The summed E-state index contributed by atoms with van der Waals surface area (Å²) in [7, 11) is 0. The van der Waals surface area contributed by atoms with Crippen LogP contribution in [0.2, 0.25) is 0 Å². The van der Waals surface area contributed by atoms with Crippen molar-refractivity contribution in [3.63, 3.8) is 0 Å². The summed E-state index contributed by atoms with van der Waals surface area (Å²) < 4.78 is 0. The van der Waals surface area contributed by atoms with E-state index in [2.05, 4.69) is 42.5 Å². The minimum atomic E-state index is -1.25. The van der Waals surface area contributed by atoms with Gasteiger partial charge in [0.1, 0.15) is 48.3 Å². The maximum absolute atomic E-state index is 14.2. The normalized spacial score (nSPS) is 15.6. The van der Waals surface area contributed by atoms with Gasteiger partial charge >= 0.3 is 5.97 Å². The highest BCUT2D eigenvalue weighted by atomic mass is 16.4. The minimum Gasteiger partial charge on any atom is -0.480 e. The SMILES string of the molecule is CC[C@H](C)[C@H](NC(=O)[C@H](CC(C)C)NC(=O)[C@H](C)N)C(=O)N[C@@H](C)C(=O)N[C@@H](Cc1ccccc1)C(=O)N[C@@H](CC(C)C)C(=O)N[C@@H](C)C(=O)N[C@@H](Cc1ccccc1)C(=O)N[C@@H](CC(C)C)C(=O)O. The molecule has 10 atom stereocenters. The average molecular weight is 978 g/mol. The van der Waals surface area contributed by atoms with E-state index in [1.54, 1.807) is 67.6 Å². The molecule has 0 heterocycles. The number of hydrogen-bond donors (Lipinski definition) is 10. The van der Waals surface area contributed by atoms with Crippen LogP contribution in [0.5, 0.6) is 0 Å². The van der Waals surface area contributed by atoms with Gasteiger partial charge in [-0.3, -0.25) is 38.4 Å². The van der Waals surface area contributed by atoms with Gasteiger partial charge in [0.25, 0.3) is 0 Å². The summed E-state index contributed by atoms with van der Waals surface area (Å²) in [4.78, 5) is 121. The van der Waals surface area contributed by atoms with Crippen molar-refractivity contribution in [2.75, 3.05) is 0 Å².